The Morgan fingerprint density at radius 1 is 1.04 bits per heavy atom. The van der Waals surface area contributed by atoms with Crippen LogP contribution in [-0.2, 0) is 20.6 Å². The Labute approximate surface area is 150 Å². The van der Waals surface area contributed by atoms with Crippen molar-refractivity contribution in [3.63, 3.8) is 0 Å². The predicted octanol–water partition coefficient (Wildman–Crippen LogP) is -4.68. The minimum absolute atomic E-state index is 0. The zero-order valence-electron chi connectivity index (χ0n) is 14.3. The molecule has 0 atom stereocenters. The van der Waals surface area contributed by atoms with Gasteiger partial charge in [0.25, 0.3) is 0 Å². The normalized spacial score (nSPS) is 10.7. The first-order valence-electron chi connectivity index (χ1n) is 7.65. The van der Waals surface area contributed by atoms with Crippen molar-refractivity contribution in [3.8, 4) is 0 Å². The van der Waals surface area contributed by atoms with Crippen LogP contribution in [0.15, 0.2) is 23.0 Å². The Hall–Kier alpha value is -1.01. The molecule has 0 aliphatic heterocycles. The molecule has 7 heteroatoms. The maximum absolute atomic E-state index is 11.9. The van der Waals surface area contributed by atoms with Gasteiger partial charge in [0.05, 0.1) is 11.0 Å². The lowest BCUT2D eigenvalue weighted by atomic mass is 10.2. The average molecular weight is 361 g/mol. The molecular formula is C16H26Cl2N4O-2. The second kappa shape index (κ2) is 9.98. The van der Waals surface area contributed by atoms with Gasteiger partial charge < -0.3 is 35.0 Å². The van der Waals surface area contributed by atoms with Crippen LogP contribution in [-0.4, -0.2) is 40.2 Å². The smallest absolute Gasteiger partial charge is 0.328 e. The van der Waals surface area contributed by atoms with E-state index in [1.165, 1.54) is 5.56 Å². The van der Waals surface area contributed by atoms with Crippen molar-refractivity contribution < 1.29 is 24.8 Å². The maximum atomic E-state index is 11.9. The summed E-state index contributed by atoms with van der Waals surface area (Å²) in [6, 6.07) is 6.21. The zero-order valence-corrected chi connectivity index (χ0v) is 15.8. The summed E-state index contributed by atoms with van der Waals surface area (Å²) in [5.74, 6) is 0. The molecule has 0 bridgehead atoms. The number of fused-ring (bicyclic) bond motifs is 1. The van der Waals surface area contributed by atoms with Crippen molar-refractivity contribution in [2.24, 2.45) is 14.1 Å². The second-order valence-electron chi connectivity index (χ2n) is 5.43. The Morgan fingerprint density at radius 3 is 2.26 bits per heavy atom. The van der Waals surface area contributed by atoms with Gasteiger partial charge in [0, 0.05) is 33.7 Å². The van der Waals surface area contributed by atoms with E-state index in [0.29, 0.717) is 0 Å². The fourth-order valence-corrected chi connectivity index (χ4v) is 2.67. The molecule has 0 radical (unpaired) electrons. The van der Waals surface area contributed by atoms with Crippen molar-refractivity contribution in [1.29, 1.82) is 0 Å². The number of benzene rings is 1. The molecule has 1 aromatic heterocycles. The number of rotatable bonds is 7. The van der Waals surface area contributed by atoms with Gasteiger partial charge in [-0.2, -0.15) is 0 Å². The lowest BCUT2D eigenvalue weighted by Gasteiger charge is -2.18. The van der Waals surface area contributed by atoms with E-state index in [2.05, 4.69) is 36.2 Å². The summed E-state index contributed by atoms with van der Waals surface area (Å²) < 4.78 is 3.39. The highest BCUT2D eigenvalue weighted by atomic mass is 35.5. The molecule has 1 aromatic carbocycles. The number of imidazole rings is 1. The van der Waals surface area contributed by atoms with Crippen LogP contribution in [0.3, 0.4) is 0 Å². The Balaban J connectivity index is 0.00000242. The summed E-state index contributed by atoms with van der Waals surface area (Å²) in [6.07, 6.45) is 0. The van der Waals surface area contributed by atoms with E-state index in [-0.39, 0.29) is 30.5 Å². The molecule has 0 saturated carbocycles. The number of halogens is 2. The minimum Gasteiger partial charge on any atom is -1.00 e. The van der Waals surface area contributed by atoms with Gasteiger partial charge in [0.15, 0.2) is 0 Å². The van der Waals surface area contributed by atoms with E-state index < -0.39 is 0 Å². The maximum Gasteiger partial charge on any atom is 0.328 e. The van der Waals surface area contributed by atoms with Gasteiger partial charge in [-0.1, -0.05) is 19.9 Å². The molecule has 2 aromatic rings. The molecular weight excluding hydrogens is 335 g/mol. The molecule has 0 amide bonds. The molecule has 0 fully saturated rings. The summed E-state index contributed by atoms with van der Waals surface area (Å²) in [7, 11) is 3.63. The molecule has 1 heterocycles. The highest BCUT2D eigenvalue weighted by Crippen LogP contribution is 2.13. The van der Waals surface area contributed by atoms with Gasteiger partial charge in [0.1, 0.15) is 0 Å². The third kappa shape index (κ3) is 4.98. The number of hydrogen-bond acceptors (Lipinski definition) is 3. The number of nitrogens with zero attached hydrogens (tertiary/aromatic N) is 3. The van der Waals surface area contributed by atoms with Crippen LogP contribution in [0.25, 0.3) is 11.0 Å². The molecule has 132 valence electrons. The van der Waals surface area contributed by atoms with Crippen molar-refractivity contribution >= 4 is 11.0 Å². The number of likely N-dealkylation sites (N-methyl/N-ethyl adjacent to an activating group) is 1. The fourth-order valence-electron chi connectivity index (χ4n) is 2.67. The topological polar surface area (TPSA) is 42.2 Å². The zero-order chi connectivity index (χ0) is 15.4. The van der Waals surface area contributed by atoms with E-state index >= 15 is 0 Å². The lowest BCUT2D eigenvalue weighted by Crippen LogP contribution is -3.00. The van der Waals surface area contributed by atoms with Crippen LogP contribution in [0.5, 0.6) is 0 Å². The number of aromatic nitrogens is 2. The van der Waals surface area contributed by atoms with Gasteiger partial charge in [-0.15, -0.1) is 0 Å². The summed E-state index contributed by atoms with van der Waals surface area (Å²) >= 11 is 0. The van der Waals surface area contributed by atoms with Gasteiger partial charge in [0.2, 0.25) is 0 Å². The number of nitrogens with one attached hydrogen (secondary N) is 1. The molecule has 1 N–H and O–H groups in total. The summed E-state index contributed by atoms with van der Waals surface area (Å²) in [6.45, 7) is 9.44. The molecule has 5 nitrogen and oxygen atoms in total. The molecule has 0 unspecified atom stereocenters. The minimum atomic E-state index is 0. The first-order valence-corrected chi connectivity index (χ1v) is 7.65. The van der Waals surface area contributed by atoms with Gasteiger partial charge in [-0.05, 0) is 30.8 Å². The van der Waals surface area contributed by atoms with Gasteiger partial charge in [-0.25, -0.2) is 4.79 Å². The molecule has 0 aliphatic carbocycles. The van der Waals surface area contributed by atoms with E-state index in [9.17, 15) is 4.79 Å². The van der Waals surface area contributed by atoms with Crippen LogP contribution in [0.2, 0.25) is 0 Å². The molecule has 0 saturated heterocycles. The van der Waals surface area contributed by atoms with E-state index in [1.807, 2.05) is 20.2 Å². The lowest BCUT2D eigenvalue weighted by molar-refractivity contribution is -0.00100. The largest absolute Gasteiger partial charge is 1.00 e. The van der Waals surface area contributed by atoms with Crippen molar-refractivity contribution in [1.82, 2.24) is 19.4 Å². The first kappa shape index (κ1) is 22.0. The molecule has 0 aliphatic rings. The van der Waals surface area contributed by atoms with Gasteiger partial charge in [-0.3, -0.25) is 9.13 Å². The van der Waals surface area contributed by atoms with Crippen molar-refractivity contribution in [3.05, 3.63) is 34.2 Å². The van der Waals surface area contributed by atoms with Crippen LogP contribution in [0.1, 0.15) is 19.4 Å². The van der Waals surface area contributed by atoms with Crippen LogP contribution < -0.4 is 35.8 Å². The van der Waals surface area contributed by atoms with E-state index in [0.717, 1.165) is 43.8 Å². The third-order valence-corrected chi connectivity index (χ3v) is 4.16. The van der Waals surface area contributed by atoms with Crippen molar-refractivity contribution in [2.45, 2.75) is 20.4 Å². The highest BCUT2D eigenvalue weighted by Gasteiger charge is 2.07. The van der Waals surface area contributed by atoms with Crippen LogP contribution >= 0.6 is 0 Å². The third-order valence-electron chi connectivity index (χ3n) is 4.16. The van der Waals surface area contributed by atoms with Crippen LogP contribution in [0, 0.1) is 0 Å². The van der Waals surface area contributed by atoms with E-state index in [4.69, 9.17) is 0 Å². The fraction of sp³-hybridized carbons (Fsp3) is 0.562. The first-order chi connectivity index (χ1) is 10.1. The number of aryl methyl sites for hydroxylation is 2. The summed E-state index contributed by atoms with van der Waals surface area (Å²) in [5, 5.41) is 3.47. The molecule has 23 heavy (non-hydrogen) atoms. The summed E-state index contributed by atoms with van der Waals surface area (Å²) in [5.41, 5.74) is 3.21. The molecule has 2 rings (SSSR count). The average Bonchev–Trinajstić information content (AvgIpc) is 2.72. The predicted molar refractivity (Wildman–Crippen MR) is 87.7 cm³/mol. The Kier molecular flexibility index (Phi) is 9.54. The van der Waals surface area contributed by atoms with Gasteiger partial charge >= 0.3 is 5.69 Å². The monoisotopic (exact) mass is 360 g/mol. The summed E-state index contributed by atoms with van der Waals surface area (Å²) in [4.78, 5) is 14.3. The standard InChI is InChI=1S/C16H26N4O.2ClH/c1-5-20(6-2)10-9-17-12-13-7-8-14-15(11-13)19(4)16(21)18(14)3;;/h7-8,11,17H,5-6,9-10,12H2,1-4H3;2*1H/p-2. The number of hydrogen-bond donors (Lipinski definition) is 1. The highest BCUT2D eigenvalue weighted by molar-refractivity contribution is 5.76. The van der Waals surface area contributed by atoms with Crippen molar-refractivity contribution in [2.75, 3.05) is 26.2 Å². The van der Waals surface area contributed by atoms with E-state index in [1.54, 1.807) is 9.13 Å². The Bertz CT molecular complexity index is 662. The SMILES string of the molecule is CCN(CC)CCNCc1ccc2c(c1)n(C)c(=O)n2C.[Cl-].[Cl-]. The second-order valence-corrected chi connectivity index (χ2v) is 5.43. The quantitative estimate of drug-likeness (QED) is 0.505. The van der Waals surface area contributed by atoms with Crippen LogP contribution in [0.4, 0.5) is 0 Å². The Morgan fingerprint density at radius 2 is 1.65 bits per heavy atom. The molecule has 0 spiro atoms.